The maximum atomic E-state index is 12.6. The van der Waals surface area contributed by atoms with E-state index in [4.69, 9.17) is 4.42 Å². The van der Waals surface area contributed by atoms with Crippen LogP contribution in [0, 0.1) is 0 Å². The third-order valence-electron chi connectivity index (χ3n) is 4.59. The maximum absolute atomic E-state index is 12.6. The zero-order chi connectivity index (χ0) is 18.1. The lowest BCUT2D eigenvalue weighted by Crippen LogP contribution is -2.49. The summed E-state index contributed by atoms with van der Waals surface area (Å²) in [5.41, 5.74) is 2.87. The highest BCUT2D eigenvalue weighted by Crippen LogP contribution is 2.22. The van der Waals surface area contributed by atoms with Gasteiger partial charge in [-0.1, -0.05) is 30.3 Å². The van der Waals surface area contributed by atoms with Crippen molar-refractivity contribution in [3.63, 3.8) is 0 Å². The van der Waals surface area contributed by atoms with Gasteiger partial charge in [-0.3, -0.25) is 4.98 Å². The van der Waals surface area contributed by atoms with Crippen LogP contribution in [0.15, 0.2) is 57.7 Å². The molecule has 0 bridgehead atoms. The van der Waals surface area contributed by atoms with Gasteiger partial charge >= 0.3 is 5.76 Å². The van der Waals surface area contributed by atoms with Gasteiger partial charge in [-0.15, -0.1) is 0 Å². The number of nitrogens with zero attached hydrogens (tertiary/aromatic N) is 2. The summed E-state index contributed by atoms with van der Waals surface area (Å²) in [5, 5.41) is 0. The molecule has 2 heterocycles. The Kier molecular flexibility index (Phi) is 4.29. The smallest absolute Gasteiger partial charge is 0.408 e. The van der Waals surface area contributed by atoms with Crippen LogP contribution < -0.4 is 10.7 Å². The fourth-order valence-corrected chi connectivity index (χ4v) is 4.75. The third-order valence-corrected chi connectivity index (χ3v) is 6.44. The molecule has 1 aliphatic rings. The summed E-state index contributed by atoms with van der Waals surface area (Å²) in [6, 6.07) is 14.7. The monoisotopic (exact) mass is 373 g/mol. The number of aromatic amines is 1. The number of hydrogen-bond acceptors (Lipinski definition) is 5. The predicted molar refractivity (Wildman–Crippen MR) is 99.7 cm³/mol. The van der Waals surface area contributed by atoms with Crippen molar-refractivity contribution in [2.75, 3.05) is 31.1 Å². The number of piperazine rings is 1. The molecule has 7 nitrogen and oxygen atoms in total. The molecule has 1 saturated heterocycles. The Morgan fingerprint density at radius 1 is 1.00 bits per heavy atom. The number of fused-ring (bicyclic) bond motifs is 1. The average molecular weight is 373 g/mol. The summed E-state index contributed by atoms with van der Waals surface area (Å²) in [6.45, 7) is 2.05. The van der Waals surface area contributed by atoms with Crippen LogP contribution in [-0.4, -0.2) is 43.9 Å². The Balaban J connectivity index is 1.45. The van der Waals surface area contributed by atoms with E-state index < -0.39 is 15.8 Å². The van der Waals surface area contributed by atoms with E-state index in [0.29, 0.717) is 37.3 Å². The van der Waals surface area contributed by atoms with Gasteiger partial charge < -0.3 is 9.32 Å². The largest absolute Gasteiger partial charge is 0.417 e. The van der Waals surface area contributed by atoms with Gasteiger partial charge in [0.2, 0.25) is 10.0 Å². The Morgan fingerprint density at radius 2 is 1.73 bits per heavy atom. The van der Waals surface area contributed by atoms with Crippen molar-refractivity contribution in [2.24, 2.45) is 0 Å². The normalized spacial score (nSPS) is 16.2. The second-order valence-corrected chi connectivity index (χ2v) is 8.29. The Bertz CT molecular complexity index is 1060. The second-order valence-electron chi connectivity index (χ2n) is 6.32. The molecule has 3 aromatic rings. The number of benzene rings is 2. The summed E-state index contributed by atoms with van der Waals surface area (Å²) >= 11 is 0. The van der Waals surface area contributed by atoms with E-state index in [-0.39, 0.29) is 5.75 Å². The van der Waals surface area contributed by atoms with Crippen molar-refractivity contribution in [2.45, 2.75) is 5.75 Å². The van der Waals surface area contributed by atoms with Gasteiger partial charge in [-0.2, -0.15) is 4.31 Å². The molecule has 0 saturated carbocycles. The molecule has 4 rings (SSSR count). The van der Waals surface area contributed by atoms with Crippen LogP contribution >= 0.6 is 0 Å². The van der Waals surface area contributed by atoms with E-state index in [1.54, 1.807) is 16.4 Å². The molecule has 8 heteroatoms. The molecule has 0 radical (unpaired) electrons. The molecule has 26 heavy (non-hydrogen) atoms. The van der Waals surface area contributed by atoms with Gasteiger partial charge in [-0.25, -0.2) is 13.2 Å². The summed E-state index contributed by atoms with van der Waals surface area (Å²) in [5.74, 6) is -0.456. The lowest BCUT2D eigenvalue weighted by atomic mass is 10.2. The molecule has 1 aliphatic heterocycles. The Hall–Kier alpha value is -2.58. The molecule has 0 unspecified atom stereocenters. The van der Waals surface area contributed by atoms with E-state index >= 15 is 0 Å². The number of anilines is 1. The quantitative estimate of drug-likeness (QED) is 0.753. The van der Waals surface area contributed by atoms with Crippen LogP contribution in [0.25, 0.3) is 11.1 Å². The minimum Gasteiger partial charge on any atom is -0.408 e. The van der Waals surface area contributed by atoms with E-state index in [2.05, 4.69) is 9.88 Å². The third kappa shape index (κ3) is 3.38. The van der Waals surface area contributed by atoms with Crippen molar-refractivity contribution in [3.8, 4) is 0 Å². The first-order valence-electron chi connectivity index (χ1n) is 8.41. The average Bonchev–Trinajstić information content (AvgIpc) is 3.01. The van der Waals surface area contributed by atoms with Crippen molar-refractivity contribution in [1.82, 2.24) is 9.29 Å². The maximum Gasteiger partial charge on any atom is 0.417 e. The fraction of sp³-hybridized carbons (Fsp3) is 0.278. The molecule has 0 amide bonds. The number of sulfonamides is 1. The molecule has 136 valence electrons. The van der Waals surface area contributed by atoms with Crippen molar-refractivity contribution in [3.05, 3.63) is 64.6 Å². The van der Waals surface area contributed by atoms with Gasteiger partial charge in [0, 0.05) is 37.9 Å². The number of aromatic nitrogens is 1. The first-order valence-corrected chi connectivity index (χ1v) is 10.0. The van der Waals surface area contributed by atoms with Crippen LogP contribution in [0.1, 0.15) is 5.56 Å². The number of oxazole rings is 1. The summed E-state index contributed by atoms with van der Waals surface area (Å²) in [7, 11) is -3.33. The topological polar surface area (TPSA) is 86.6 Å². The minimum absolute atomic E-state index is 0.0221. The molecule has 1 fully saturated rings. The molecule has 1 aromatic heterocycles. The standard InChI is InChI=1S/C18H19N3O4S/c22-18-19-16-7-6-15(12-17(16)25-18)20-8-10-21(11-9-20)26(23,24)13-14-4-2-1-3-5-14/h1-7,12H,8-11,13H2,(H,19,22). The first kappa shape index (κ1) is 16.9. The zero-order valence-electron chi connectivity index (χ0n) is 14.1. The van der Waals surface area contributed by atoms with Crippen LogP contribution in [0.3, 0.4) is 0 Å². The van der Waals surface area contributed by atoms with E-state index in [9.17, 15) is 13.2 Å². The SMILES string of the molecule is O=c1[nH]c2ccc(N3CCN(S(=O)(=O)Cc4ccccc4)CC3)cc2o1. The van der Waals surface area contributed by atoms with Gasteiger partial charge in [0.25, 0.3) is 0 Å². The molecular formula is C18H19N3O4S. The predicted octanol–water partition coefficient (Wildman–Crippen LogP) is 1.77. The lowest BCUT2D eigenvalue weighted by molar-refractivity contribution is 0.384. The van der Waals surface area contributed by atoms with Crippen LogP contribution in [0.2, 0.25) is 0 Å². The molecule has 0 aliphatic carbocycles. The number of hydrogen-bond donors (Lipinski definition) is 1. The highest BCUT2D eigenvalue weighted by atomic mass is 32.2. The Morgan fingerprint density at radius 3 is 2.46 bits per heavy atom. The van der Waals surface area contributed by atoms with E-state index in [0.717, 1.165) is 11.3 Å². The van der Waals surface area contributed by atoms with Gasteiger partial charge in [-0.05, 0) is 17.7 Å². The van der Waals surface area contributed by atoms with E-state index in [1.807, 2.05) is 36.4 Å². The number of nitrogens with one attached hydrogen (secondary N) is 1. The van der Waals surface area contributed by atoms with E-state index in [1.165, 1.54) is 0 Å². The summed E-state index contributed by atoms with van der Waals surface area (Å²) < 4.78 is 31.9. The van der Waals surface area contributed by atoms with Crippen molar-refractivity contribution in [1.29, 1.82) is 0 Å². The number of H-pyrrole nitrogens is 1. The fourth-order valence-electron chi connectivity index (χ4n) is 3.23. The van der Waals surface area contributed by atoms with Gasteiger partial charge in [0.15, 0.2) is 5.58 Å². The van der Waals surface area contributed by atoms with Crippen LogP contribution in [0.4, 0.5) is 5.69 Å². The molecular weight excluding hydrogens is 354 g/mol. The highest BCUT2D eigenvalue weighted by Gasteiger charge is 2.27. The van der Waals surface area contributed by atoms with Crippen LogP contribution in [0.5, 0.6) is 0 Å². The first-order chi connectivity index (χ1) is 12.5. The summed E-state index contributed by atoms with van der Waals surface area (Å²) in [6.07, 6.45) is 0. The Labute approximate surface area is 150 Å². The van der Waals surface area contributed by atoms with Gasteiger partial charge in [0.1, 0.15) is 0 Å². The molecule has 1 N–H and O–H groups in total. The van der Waals surface area contributed by atoms with Crippen LogP contribution in [-0.2, 0) is 15.8 Å². The van der Waals surface area contributed by atoms with Crippen molar-refractivity contribution >= 4 is 26.8 Å². The highest BCUT2D eigenvalue weighted by molar-refractivity contribution is 7.88. The minimum atomic E-state index is -3.33. The number of rotatable bonds is 4. The lowest BCUT2D eigenvalue weighted by Gasteiger charge is -2.35. The molecule has 0 atom stereocenters. The van der Waals surface area contributed by atoms with Crippen molar-refractivity contribution < 1.29 is 12.8 Å². The zero-order valence-corrected chi connectivity index (χ0v) is 14.9. The second kappa shape index (κ2) is 6.62. The molecule has 0 spiro atoms. The molecule has 2 aromatic carbocycles. The van der Waals surface area contributed by atoms with Gasteiger partial charge in [0.05, 0.1) is 11.3 Å². The summed E-state index contributed by atoms with van der Waals surface area (Å²) in [4.78, 5) is 16.0.